The van der Waals surface area contributed by atoms with E-state index in [-0.39, 0.29) is 0 Å². The molecule has 0 amide bonds. The van der Waals surface area contributed by atoms with Crippen LogP contribution in [0.25, 0.3) is 88.6 Å². The number of allylic oxidation sites excluding steroid dienone is 1. The van der Waals surface area contributed by atoms with Gasteiger partial charge in [-0.25, -0.2) is 0 Å². The lowest BCUT2D eigenvalue weighted by Gasteiger charge is -2.09. The molecule has 0 spiro atoms. The zero-order valence-corrected chi connectivity index (χ0v) is 29.4. The molecule has 0 unspecified atom stereocenters. The summed E-state index contributed by atoms with van der Waals surface area (Å²) in [5, 5.41) is 4.90. The van der Waals surface area contributed by atoms with Gasteiger partial charge in [-0.05, 0) is 79.7 Å². The molecule has 0 aliphatic heterocycles. The molecule has 0 N–H and O–H groups in total. The molecule has 4 heterocycles. The molecule has 0 aliphatic rings. The molecule has 0 saturated carbocycles. The van der Waals surface area contributed by atoms with Crippen molar-refractivity contribution < 1.29 is 0 Å². The van der Waals surface area contributed by atoms with Crippen molar-refractivity contribution in [2.24, 2.45) is 0 Å². The molecular weight excluding hydrogens is 645 g/mol. The summed E-state index contributed by atoms with van der Waals surface area (Å²) < 4.78 is 4.67. The van der Waals surface area contributed by atoms with E-state index < -0.39 is 0 Å². The van der Waals surface area contributed by atoms with Crippen LogP contribution < -0.4 is 0 Å². The van der Waals surface area contributed by atoms with Crippen LogP contribution in [-0.4, -0.2) is 19.1 Å². The summed E-state index contributed by atoms with van der Waals surface area (Å²) in [7, 11) is 0. The normalized spacial score (nSPS) is 11.2. The minimum Gasteiger partial charge on any atom is -0.309 e. The third-order valence-electron chi connectivity index (χ3n) is 9.83. The summed E-state index contributed by atoms with van der Waals surface area (Å²) in [4.78, 5) is 9.82. The van der Waals surface area contributed by atoms with E-state index >= 15 is 0 Å². The largest absolute Gasteiger partial charge is 0.309 e. The van der Waals surface area contributed by atoms with Gasteiger partial charge in [0.15, 0.2) is 0 Å². The molecule has 0 atom stereocenters. The van der Waals surface area contributed by atoms with E-state index in [4.69, 9.17) is 9.97 Å². The Labute approximate surface area is 308 Å². The van der Waals surface area contributed by atoms with Crippen LogP contribution in [0.15, 0.2) is 195 Å². The molecule has 0 bridgehead atoms. The third-order valence-corrected chi connectivity index (χ3v) is 9.83. The molecular formula is C49H36N4. The number of pyridine rings is 2. The number of aromatic nitrogens is 4. The van der Waals surface area contributed by atoms with Crippen molar-refractivity contribution in [3.63, 3.8) is 0 Å². The molecule has 4 nitrogen and oxygen atoms in total. The fourth-order valence-electron chi connectivity index (χ4n) is 7.45. The molecule has 0 fully saturated rings. The SMILES string of the molecule is C=CC.c1ccc(-n2c3ccccc3c3cc(-c4ccc(-c5ccc(-c6ccc7c(c6)c6ccccc6n7-c6ccccc6)nc5)cn4)ccc32)cc1. The van der Waals surface area contributed by atoms with Crippen LogP contribution in [0.3, 0.4) is 0 Å². The van der Waals surface area contributed by atoms with Crippen molar-refractivity contribution in [1.82, 2.24) is 19.1 Å². The highest BCUT2D eigenvalue weighted by Crippen LogP contribution is 2.36. The number of fused-ring (bicyclic) bond motifs is 6. The van der Waals surface area contributed by atoms with Crippen LogP contribution in [0.5, 0.6) is 0 Å². The van der Waals surface area contributed by atoms with Crippen LogP contribution in [0, 0.1) is 0 Å². The summed E-state index contributed by atoms with van der Waals surface area (Å²) in [5.74, 6) is 0. The number of rotatable bonds is 5. The molecule has 0 aliphatic carbocycles. The predicted octanol–water partition coefficient (Wildman–Crippen LogP) is 12.9. The summed E-state index contributed by atoms with van der Waals surface area (Å²) in [6, 6.07) is 60.1. The molecule has 10 rings (SSSR count). The molecule has 10 aromatic rings. The molecule has 0 saturated heterocycles. The number of para-hydroxylation sites is 4. The van der Waals surface area contributed by atoms with Gasteiger partial charge < -0.3 is 9.13 Å². The number of hydrogen-bond acceptors (Lipinski definition) is 2. The van der Waals surface area contributed by atoms with Crippen molar-refractivity contribution in [1.29, 1.82) is 0 Å². The minimum atomic E-state index is 0.944. The van der Waals surface area contributed by atoms with E-state index in [9.17, 15) is 0 Å². The summed E-state index contributed by atoms with van der Waals surface area (Å²) in [6.07, 6.45) is 5.65. The highest BCUT2D eigenvalue weighted by Gasteiger charge is 2.15. The monoisotopic (exact) mass is 680 g/mol. The molecule has 252 valence electrons. The second kappa shape index (κ2) is 13.6. The summed E-state index contributed by atoms with van der Waals surface area (Å²) >= 11 is 0. The first kappa shape index (κ1) is 31.9. The van der Waals surface area contributed by atoms with Gasteiger partial charge in [-0.1, -0.05) is 103 Å². The van der Waals surface area contributed by atoms with Gasteiger partial charge in [0.1, 0.15) is 0 Å². The lowest BCUT2D eigenvalue weighted by molar-refractivity contribution is 1.18. The van der Waals surface area contributed by atoms with Gasteiger partial charge >= 0.3 is 0 Å². The zero-order valence-electron chi connectivity index (χ0n) is 29.4. The maximum absolute atomic E-state index is 4.91. The Kier molecular flexibility index (Phi) is 8.18. The van der Waals surface area contributed by atoms with E-state index in [1.807, 2.05) is 19.3 Å². The topological polar surface area (TPSA) is 35.6 Å². The van der Waals surface area contributed by atoms with Crippen LogP contribution in [0.1, 0.15) is 6.92 Å². The summed E-state index contributed by atoms with van der Waals surface area (Å²) in [5.41, 5.74) is 13.2. The second-order valence-corrected chi connectivity index (χ2v) is 13.1. The van der Waals surface area contributed by atoms with E-state index in [2.05, 4.69) is 186 Å². The van der Waals surface area contributed by atoms with E-state index in [0.717, 1.165) is 45.0 Å². The maximum atomic E-state index is 4.91. The van der Waals surface area contributed by atoms with Gasteiger partial charge in [-0.3, -0.25) is 9.97 Å². The molecule has 4 heteroatoms. The Hall–Kier alpha value is -7.04. The molecule has 4 aromatic heterocycles. The second-order valence-electron chi connectivity index (χ2n) is 13.1. The Morgan fingerprint density at radius 3 is 1.15 bits per heavy atom. The lowest BCUT2D eigenvalue weighted by atomic mass is 10.0. The van der Waals surface area contributed by atoms with Crippen molar-refractivity contribution in [2.45, 2.75) is 6.92 Å². The van der Waals surface area contributed by atoms with Gasteiger partial charge in [0.2, 0.25) is 0 Å². The third kappa shape index (κ3) is 5.67. The first-order chi connectivity index (χ1) is 26.2. The standard InChI is InChI=1S/C46H30N4.C3H6/c1-3-11-35(12-4-1)49-43-17-9-7-15-37(43)39-27-31(21-25-45(39)49)41-23-19-33(29-47-41)34-20-24-42(48-30-34)32-22-26-46-40(28-32)38-16-8-10-18-44(38)50(46)36-13-5-2-6-14-36;1-3-2/h1-30H;3H,1H2,2H3. The Morgan fingerprint density at radius 1 is 0.396 bits per heavy atom. The van der Waals surface area contributed by atoms with Gasteiger partial charge in [-0.15, -0.1) is 6.58 Å². The van der Waals surface area contributed by atoms with Gasteiger partial charge in [0, 0.05) is 67.6 Å². The van der Waals surface area contributed by atoms with Crippen LogP contribution >= 0.6 is 0 Å². The van der Waals surface area contributed by atoms with Crippen LogP contribution in [0.4, 0.5) is 0 Å². The molecule has 53 heavy (non-hydrogen) atoms. The van der Waals surface area contributed by atoms with Crippen molar-refractivity contribution in [3.8, 4) is 45.0 Å². The van der Waals surface area contributed by atoms with Crippen molar-refractivity contribution in [3.05, 3.63) is 195 Å². The first-order valence-electron chi connectivity index (χ1n) is 17.9. The Balaban J connectivity index is 0.00000120. The van der Waals surface area contributed by atoms with E-state index in [0.29, 0.717) is 0 Å². The molecule has 0 radical (unpaired) electrons. The number of benzene rings is 6. The smallest absolute Gasteiger partial charge is 0.0702 e. The van der Waals surface area contributed by atoms with Gasteiger partial charge in [0.05, 0.1) is 33.5 Å². The average Bonchev–Trinajstić information content (AvgIpc) is 3.74. The number of nitrogens with zero attached hydrogens (tertiary/aromatic N) is 4. The quantitative estimate of drug-likeness (QED) is 0.170. The molecule has 6 aromatic carbocycles. The van der Waals surface area contributed by atoms with E-state index in [1.54, 1.807) is 6.08 Å². The highest BCUT2D eigenvalue weighted by molar-refractivity contribution is 6.11. The van der Waals surface area contributed by atoms with Gasteiger partial charge in [0.25, 0.3) is 0 Å². The fourth-order valence-corrected chi connectivity index (χ4v) is 7.45. The highest BCUT2D eigenvalue weighted by atomic mass is 15.0. The maximum Gasteiger partial charge on any atom is 0.0702 e. The van der Waals surface area contributed by atoms with E-state index in [1.165, 1.54) is 43.6 Å². The summed E-state index contributed by atoms with van der Waals surface area (Å²) in [6.45, 7) is 5.25. The Bertz CT molecular complexity index is 2680. The predicted molar refractivity (Wildman–Crippen MR) is 223 cm³/mol. The van der Waals surface area contributed by atoms with Crippen LogP contribution in [-0.2, 0) is 0 Å². The average molecular weight is 681 g/mol. The fraction of sp³-hybridized carbons (Fsp3) is 0.0204. The van der Waals surface area contributed by atoms with Crippen molar-refractivity contribution >= 4 is 43.6 Å². The zero-order chi connectivity index (χ0) is 35.7. The Morgan fingerprint density at radius 2 is 0.755 bits per heavy atom. The first-order valence-corrected chi connectivity index (χ1v) is 17.9. The van der Waals surface area contributed by atoms with Crippen LogP contribution in [0.2, 0.25) is 0 Å². The van der Waals surface area contributed by atoms with Gasteiger partial charge in [-0.2, -0.15) is 0 Å². The lowest BCUT2D eigenvalue weighted by Crippen LogP contribution is -1.93. The minimum absolute atomic E-state index is 0.944. The van der Waals surface area contributed by atoms with Crippen molar-refractivity contribution in [2.75, 3.05) is 0 Å². The number of hydrogen-bond donors (Lipinski definition) is 0.